The van der Waals surface area contributed by atoms with E-state index in [1.54, 1.807) is 19.1 Å². The minimum Gasteiger partial charge on any atom is -0.457 e. The first kappa shape index (κ1) is 26.5. The molecular formula is C31H33NO4. The van der Waals surface area contributed by atoms with E-state index in [4.69, 9.17) is 9.47 Å². The van der Waals surface area contributed by atoms with E-state index >= 15 is 0 Å². The molecule has 0 N–H and O–H groups in total. The second-order valence-corrected chi connectivity index (χ2v) is 8.69. The van der Waals surface area contributed by atoms with E-state index in [0.29, 0.717) is 11.3 Å². The van der Waals surface area contributed by atoms with Gasteiger partial charge in [-0.15, -0.1) is 0 Å². The summed E-state index contributed by atoms with van der Waals surface area (Å²) in [5, 5.41) is 0. The molecule has 0 aliphatic heterocycles. The monoisotopic (exact) mass is 483 g/mol. The Balaban J connectivity index is 1.96. The van der Waals surface area contributed by atoms with Gasteiger partial charge in [-0.3, -0.25) is 0 Å². The zero-order valence-electron chi connectivity index (χ0n) is 21.3. The second kappa shape index (κ2) is 12.5. The molecule has 0 saturated carbocycles. The number of nitrogens with zero attached hydrogens (tertiary/aromatic N) is 1. The van der Waals surface area contributed by atoms with Gasteiger partial charge < -0.3 is 14.4 Å². The topological polar surface area (TPSA) is 55.8 Å². The van der Waals surface area contributed by atoms with Crippen LogP contribution >= 0.6 is 0 Å². The molecule has 0 fully saturated rings. The van der Waals surface area contributed by atoms with E-state index in [1.807, 2.05) is 36.4 Å². The van der Waals surface area contributed by atoms with Gasteiger partial charge in [-0.2, -0.15) is 0 Å². The predicted octanol–water partition coefficient (Wildman–Crippen LogP) is 7.52. The summed E-state index contributed by atoms with van der Waals surface area (Å²) >= 11 is 0. The summed E-state index contributed by atoms with van der Waals surface area (Å²) in [5.74, 6) is -0.454. The van der Waals surface area contributed by atoms with Crippen LogP contribution in [0.25, 0.3) is 0 Å². The van der Waals surface area contributed by atoms with E-state index < -0.39 is 11.9 Å². The average molecular weight is 484 g/mol. The van der Waals surface area contributed by atoms with Crippen molar-refractivity contribution in [3.05, 3.63) is 108 Å². The Morgan fingerprint density at radius 2 is 1.56 bits per heavy atom. The summed E-state index contributed by atoms with van der Waals surface area (Å²) in [6.07, 6.45) is 4.42. The number of unbranched alkanes of at least 4 members (excludes halogenated alkanes) is 1. The molecule has 3 rings (SSSR count). The third-order valence-corrected chi connectivity index (χ3v) is 5.78. The molecule has 0 spiro atoms. The van der Waals surface area contributed by atoms with Crippen molar-refractivity contribution in [1.29, 1.82) is 0 Å². The predicted molar refractivity (Wildman–Crippen MR) is 145 cm³/mol. The highest BCUT2D eigenvalue weighted by molar-refractivity contribution is 5.87. The average Bonchev–Trinajstić information content (AvgIpc) is 2.89. The van der Waals surface area contributed by atoms with Gasteiger partial charge in [0.2, 0.25) is 0 Å². The minimum absolute atomic E-state index is 0.182. The van der Waals surface area contributed by atoms with Crippen molar-refractivity contribution in [2.24, 2.45) is 0 Å². The number of hydrogen-bond donors (Lipinski definition) is 0. The lowest BCUT2D eigenvalue weighted by Crippen LogP contribution is -2.11. The molecule has 0 atom stereocenters. The van der Waals surface area contributed by atoms with Crippen molar-refractivity contribution in [1.82, 2.24) is 0 Å². The lowest BCUT2D eigenvalue weighted by atomic mass is 10.0. The maximum atomic E-state index is 11.7. The molecule has 3 aromatic rings. The number of benzene rings is 3. The van der Waals surface area contributed by atoms with Crippen molar-refractivity contribution in [2.45, 2.75) is 46.6 Å². The van der Waals surface area contributed by atoms with Gasteiger partial charge in [0, 0.05) is 28.7 Å². The lowest BCUT2D eigenvalue weighted by Gasteiger charge is -2.27. The van der Waals surface area contributed by atoms with Crippen LogP contribution in [0.1, 0.15) is 43.4 Å². The summed E-state index contributed by atoms with van der Waals surface area (Å²) in [5.41, 5.74) is 6.74. The van der Waals surface area contributed by atoms with Crippen LogP contribution in [0, 0.1) is 6.92 Å². The molecule has 3 aromatic carbocycles. The molecule has 0 aliphatic rings. The van der Waals surface area contributed by atoms with E-state index in [2.05, 4.69) is 50.1 Å². The molecule has 5 heteroatoms. The lowest BCUT2D eigenvalue weighted by molar-refractivity contribution is -0.140. The number of rotatable bonds is 11. The summed E-state index contributed by atoms with van der Waals surface area (Å²) in [4.78, 5) is 25.5. The van der Waals surface area contributed by atoms with Gasteiger partial charge >= 0.3 is 11.9 Å². The minimum atomic E-state index is -0.498. The molecule has 0 aromatic heterocycles. The smallest absolute Gasteiger partial charge is 0.335 e. The van der Waals surface area contributed by atoms with Gasteiger partial charge in [0.05, 0.1) is 0 Å². The fourth-order valence-corrected chi connectivity index (χ4v) is 3.72. The number of carbonyl (C=O) groups excluding carboxylic acids is 2. The SMILES string of the molecule is C=CC(=O)Oc1ccc(N(c2ccc(COC(=O)C(=C)C)cc2)c2ccc(C)c(CCCC)c2)cc1. The molecule has 0 radical (unpaired) electrons. The van der Waals surface area contributed by atoms with Crippen LogP contribution in [-0.4, -0.2) is 11.9 Å². The van der Waals surface area contributed by atoms with Gasteiger partial charge in [-0.25, -0.2) is 9.59 Å². The largest absolute Gasteiger partial charge is 0.457 e. The Hall–Kier alpha value is -4.12. The van der Waals surface area contributed by atoms with Crippen molar-refractivity contribution < 1.29 is 19.1 Å². The molecule has 0 heterocycles. The van der Waals surface area contributed by atoms with Crippen molar-refractivity contribution >= 4 is 29.0 Å². The number of esters is 2. The number of hydrogen-bond acceptors (Lipinski definition) is 5. The zero-order chi connectivity index (χ0) is 26.1. The highest BCUT2D eigenvalue weighted by Gasteiger charge is 2.15. The van der Waals surface area contributed by atoms with Crippen LogP contribution in [0.15, 0.2) is 91.5 Å². The van der Waals surface area contributed by atoms with Gasteiger partial charge in [-0.1, -0.05) is 44.7 Å². The molecule has 0 bridgehead atoms. The summed E-state index contributed by atoms with van der Waals surface area (Å²) < 4.78 is 10.5. The Kier molecular flexibility index (Phi) is 9.23. The van der Waals surface area contributed by atoms with Gasteiger partial charge in [0.25, 0.3) is 0 Å². The highest BCUT2D eigenvalue weighted by Crippen LogP contribution is 2.36. The fraction of sp³-hybridized carbons (Fsp3) is 0.226. The van der Waals surface area contributed by atoms with E-state index in [1.165, 1.54) is 11.1 Å². The van der Waals surface area contributed by atoms with Crippen LogP contribution < -0.4 is 9.64 Å². The quantitative estimate of drug-likeness (QED) is 0.160. The molecule has 5 nitrogen and oxygen atoms in total. The molecule has 0 unspecified atom stereocenters. The molecule has 0 aliphatic carbocycles. The standard InChI is InChI=1S/C31H33NO4/c1-6-8-9-25-20-28(13-10-23(25)5)32(27-16-18-29(19-17-27)36-30(33)7-2)26-14-11-24(12-15-26)21-35-31(34)22(3)4/h7,10-20H,2-3,6,8-9,21H2,1,4-5H3. The number of ether oxygens (including phenoxy) is 2. The van der Waals surface area contributed by atoms with Crippen LogP contribution in [-0.2, 0) is 27.4 Å². The number of anilines is 3. The van der Waals surface area contributed by atoms with E-state index in [9.17, 15) is 9.59 Å². The van der Waals surface area contributed by atoms with Crippen LogP contribution in [0.5, 0.6) is 5.75 Å². The first-order valence-electron chi connectivity index (χ1n) is 12.1. The third kappa shape index (κ3) is 6.95. The Morgan fingerprint density at radius 3 is 2.14 bits per heavy atom. The zero-order valence-corrected chi connectivity index (χ0v) is 21.3. The maximum absolute atomic E-state index is 11.7. The van der Waals surface area contributed by atoms with Crippen molar-refractivity contribution in [2.75, 3.05) is 4.90 Å². The summed E-state index contributed by atoms with van der Waals surface area (Å²) in [7, 11) is 0. The van der Waals surface area contributed by atoms with E-state index in [-0.39, 0.29) is 6.61 Å². The molecule has 186 valence electrons. The Labute approximate surface area is 213 Å². The highest BCUT2D eigenvalue weighted by atomic mass is 16.5. The first-order chi connectivity index (χ1) is 17.3. The number of aryl methyl sites for hydroxylation is 2. The van der Waals surface area contributed by atoms with Crippen molar-refractivity contribution in [3.63, 3.8) is 0 Å². The van der Waals surface area contributed by atoms with Gasteiger partial charge in [-0.05, 0) is 91.9 Å². The van der Waals surface area contributed by atoms with E-state index in [0.717, 1.165) is 48.0 Å². The number of carbonyl (C=O) groups is 2. The molecule has 36 heavy (non-hydrogen) atoms. The molecular weight excluding hydrogens is 450 g/mol. The fourth-order valence-electron chi connectivity index (χ4n) is 3.72. The van der Waals surface area contributed by atoms with Crippen LogP contribution in [0.3, 0.4) is 0 Å². The maximum Gasteiger partial charge on any atom is 0.335 e. The van der Waals surface area contributed by atoms with Crippen molar-refractivity contribution in [3.8, 4) is 5.75 Å². The van der Waals surface area contributed by atoms with Gasteiger partial charge in [0.1, 0.15) is 12.4 Å². The normalized spacial score (nSPS) is 10.4. The Morgan fingerprint density at radius 1 is 0.944 bits per heavy atom. The molecule has 0 amide bonds. The van der Waals surface area contributed by atoms with Crippen LogP contribution in [0.4, 0.5) is 17.1 Å². The third-order valence-electron chi connectivity index (χ3n) is 5.78. The Bertz CT molecular complexity index is 1230. The van der Waals surface area contributed by atoms with Gasteiger partial charge in [0.15, 0.2) is 0 Å². The second-order valence-electron chi connectivity index (χ2n) is 8.69. The van der Waals surface area contributed by atoms with Crippen LogP contribution in [0.2, 0.25) is 0 Å². The first-order valence-corrected chi connectivity index (χ1v) is 12.1. The summed E-state index contributed by atoms with van der Waals surface area (Å²) in [6.45, 7) is 13.2. The summed E-state index contributed by atoms with van der Waals surface area (Å²) in [6, 6.07) is 21.8. The molecule has 0 saturated heterocycles.